The normalized spacial score (nSPS) is 20.7. The molecule has 32 heavy (non-hydrogen) atoms. The Kier molecular flexibility index (Phi) is 7.72. The van der Waals surface area contributed by atoms with Crippen molar-refractivity contribution in [2.24, 2.45) is 11.1 Å². The lowest BCUT2D eigenvalue weighted by Crippen LogP contribution is -2.49. The molecule has 1 aromatic heterocycles. The van der Waals surface area contributed by atoms with Crippen LogP contribution in [-0.4, -0.2) is 38.9 Å². The van der Waals surface area contributed by atoms with Crippen molar-refractivity contribution in [2.45, 2.75) is 90.4 Å². The van der Waals surface area contributed by atoms with Gasteiger partial charge in [-0.1, -0.05) is 58.4 Å². The fourth-order valence-electron chi connectivity index (χ4n) is 4.99. The topological polar surface area (TPSA) is 90.9 Å². The first-order chi connectivity index (χ1) is 15.1. The second kappa shape index (κ2) is 10.1. The quantitative estimate of drug-likeness (QED) is 0.563. The third kappa shape index (κ3) is 6.17. The summed E-state index contributed by atoms with van der Waals surface area (Å²) in [7, 11) is 0. The van der Waals surface area contributed by atoms with Crippen LogP contribution in [0.2, 0.25) is 0 Å². The second-order valence-corrected chi connectivity index (χ2v) is 10.8. The Hall–Kier alpha value is -2.25. The molecule has 1 saturated carbocycles. The molecule has 7 nitrogen and oxygen atoms in total. The van der Waals surface area contributed by atoms with Crippen molar-refractivity contribution in [1.82, 2.24) is 25.5 Å². The lowest BCUT2D eigenvalue weighted by atomic mass is 9.81. The zero-order chi connectivity index (χ0) is 23.4. The lowest BCUT2D eigenvalue weighted by molar-refractivity contribution is 0.186. The van der Waals surface area contributed by atoms with Crippen LogP contribution in [0, 0.1) is 5.41 Å². The van der Waals surface area contributed by atoms with E-state index in [-0.39, 0.29) is 29.1 Å². The zero-order valence-corrected chi connectivity index (χ0v) is 20.3. The van der Waals surface area contributed by atoms with E-state index in [1.165, 1.54) is 12.8 Å². The molecule has 1 aliphatic carbocycles. The van der Waals surface area contributed by atoms with E-state index in [0.29, 0.717) is 6.61 Å². The van der Waals surface area contributed by atoms with E-state index in [0.717, 1.165) is 36.4 Å². The van der Waals surface area contributed by atoms with Crippen LogP contribution in [0.3, 0.4) is 0 Å². The van der Waals surface area contributed by atoms with Crippen LogP contribution < -0.4 is 15.8 Å². The van der Waals surface area contributed by atoms with Gasteiger partial charge in [0.1, 0.15) is 12.4 Å². The summed E-state index contributed by atoms with van der Waals surface area (Å²) in [6.45, 7) is 15.3. The molecule has 176 valence electrons. The highest BCUT2D eigenvalue weighted by molar-refractivity contribution is 5.32. The number of rotatable bonds is 9. The zero-order valence-electron chi connectivity index (χ0n) is 20.3. The van der Waals surface area contributed by atoms with E-state index in [4.69, 9.17) is 10.5 Å². The van der Waals surface area contributed by atoms with E-state index in [9.17, 15) is 0 Å². The predicted molar refractivity (Wildman–Crippen MR) is 129 cm³/mol. The van der Waals surface area contributed by atoms with Crippen molar-refractivity contribution >= 4 is 0 Å². The van der Waals surface area contributed by atoms with Gasteiger partial charge in [-0.05, 0) is 66.6 Å². The molecule has 0 aliphatic heterocycles. The van der Waals surface area contributed by atoms with Gasteiger partial charge in [0.15, 0.2) is 5.82 Å². The van der Waals surface area contributed by atoms with Crippen molar-refractivity contribution in [3.05, 3.63) is 48.3 Å². The Morgan fingerprint density at radius 3 is 2.50 bits per heavy atom. The van der Waals surface area contributed by atoms with Crippen LogP contribution in [0.15, 0.2) is 36.9 Å². The molecule has 1 aliphatic rings. The Bertz CT molecular complexity index is 867. The maximum Gasteiger partial charge on any atom is 0.173 e. The van der Waals surface area contributed by atoms with Crippen molar-refractivity contribution in [3.63, 3.8) is 0 Å². The summed E-state index contributed by atoms with van der Waals surface area (Å²) in [5, 5.41) is 16.9. The molecule has 0 saturated heterocycles. The number of benzene rings is 1. The number of ether oxygens (including phenoxy) is 1. The summed E-state index contributed by atoms with van der Waals surface area (Å²) >= 11 is 0. The van der Waals surface area contributed by atoms with Crippen molar-refractivity contribution in [3.8, 4) is 5.75 Å². The summed E-state index contributed by atoms with van der Waals surface area (Å²) < 4.78 is 7.67. The van der Waals surface area contributed by atoms with Crippen molar-refractivity contribution in [2.75, 3.05) is 6.61 Å². The van der Waals surface area contributed by atoms with Crippen LogP contribution in [0.1, 0.15) is 84.2 Å². The molecule has 1 heterocycles. The molecule has 1 aromatic carbocycles. The van der Waals surface area contributed by atoms with E-state index < -0.39 is 0 Å². The molecular weight excluding hydrogens is 400 g/mol. The van der Waals surface area contributed by atoms with Crippen molar-refractivity contribution < 1.29 is 4.74 Å². The Labute approximate surface area is 192 Å². The van der Waals surface area contributed by atoms with Gasteiger partial charge in [0, 0.05) is 12.1 Å². The van der Waals surface area contributed by atoms with E-state index >= 15 is 0 Å². The van der Waals surface area contributed by atoms with Crippen LogP contribution in [0.5, 0.6) is 5.75 Å². The van der Waals surface area contributed by atoms with Crippen LogP contribution >= 0.6 is 0 Å². The number of hydrogen-bond donors (Lipinski definition) is 2. The summed E-state index contributed by atoms with van der Waals surface area (Å²) in [6.07, 6.45) is 7.17. The summed E-state index contributed by atoms with van der Waals surface area (Å²) in [6, 6.07) is 8.34. The Morgan fingerprint density at radius 2 is 1.88 bits per heavy atom. The molecule has 2 aromatic rings. The molecular formula is C25H40N6O. The van der Waals surface area contributed by atoms with Gasteiger partial charge in [-0.15, -0.1) is 5.10 Å². The minimum Gasteiger partial charge on any atom is -0.490 e. The number of hydrogen-bond acceptors (Lipinski definition) is 6. The van der Waals surface area contributed by atoms with Crippen molar-refractivity contribution in [1.29, 1.82) is 0 Å². The average Bonchev–Trinajstić information content (AvgIpc) is 3.21. The van der Waals surface area contributed by atoms with Gasteiger partial charge in [-0.25, -0.2) is 4.68 Å². The fourth-order valence-corrected chi connectivity index (χ4v) is 4.99. The molecule has 0 spiro atoms. The highest BCUT2D eigenvalue weighted by Crippen LogP contribution is 2.34. The second-order valence-electron chi connectivity index (χ2n) is 10.8. The first-order valence-electron chi connectivity index (χ1n) is 11.7. The molecule has 0 radical (unpaired) electrons. The number of aromatic nitrogens is 4. The first kappa shape index (κ1) is 24.4. The molecule has 0 bridgehead atoms. The molecule has 3 unspecified atom stereocenters. The van der Waals surface area contributed by atoms with Gasteiger partial charge in [0.2, 0.25) is 0 Å². The number of nitrogens with two attached hydrogens (primary N) is 1. The fraction of sp³-hybridized carbons (Fsp3) is 0.640. The third-order valence-electron chi connectivity index (χ3n) is 6.07. The van der Waals surface area contributed by atoms with Crippen LogP contribution in [0.4, 0.5) is 0 Å². The van der Waals surface area contributed by atoms with Gasteiger partial charge in [0.25, 0.3) is 0 Å². The van der Waals surface area contributed by atoms with Crippen LogP contribution in [0.25, 0.3) is 0 Å². The predicted octanol–water partition coefficient (Wildman–Crippen LogP) is 4.36. The Balaban J connectivity index is 1.96. The minimum absolute atomic E-state index is 0.133. The van der Waals surface area contributed by atoms with Gasteiger partial charge in [-0.2, -0.15) is 0 Å². The molecule has 3 rings (SSSR count). The standard InChI is InChI=1S/C25H40N6O/c1-7-16-32-19-14-12-18(13-15-19)22(27-21-11-9-8-10-20(21)26)23-28-29-30-31(23)25(5,6)17-24(2,3)4/h7,12-15,20-22,27H,1,8-11,16-17,26H2,2-6H3. The van der Waals surface area contributed by atoms with E-state index in [1.807, 2.05) is 16.8 Å². The third-order valence-corrected chi connectivity index (χ3v) is 6.07. The molecule has 3 N–H and O–H groups in total. The Morgan fingerprint density at radius 1 is 1.19 bits per heavy atom. The largest absolute Gasteiger partial charge is 0.490 e. The summed E-state index contributed by atoms with van der Waals surface area (Å²) in [5.74, 6) is 1.63. The van der Waals surface area contributed by atoms with E-state index in [2.05, 4.69) is 74.2 Å². The highest BCUT2D eigenvalue weighted by atomic mass is 16.5. The number of tetrazole rings is 1. The maximum absolute atomic E-state index is 6.49. The summed E-state index contributed by atoms with van der Waals surface area (Å²) in [5.41, 5.74) is 7.50. The van der Waals surface area contributed by atoms with Gasteiger partial charge < -0.3 is 10.5 Å². The molecule has 1 fully saturated rings. The number of nitrogens with zero attached hydrogens (tertiary/aromatic N) is 4. The number of nitrogens with one attached hydrogen (secondary N) is 1. The van der Waals surface area contributed by atoms with Crippen LogP contribution in [-0.2, 0) is 5.54 Å². The SMILES string of the molecule is C=CCOc1ccc(C(NC2CCCCC2N)c2nnnn2C(C)(C)CC(C)(C)C)cc1. The molecule has 0 amide bonds. The van der Waals surface area contributed by atoms with Gasteiger partial charge >= 0.3 is 0 Å². The first-order valence-corrected chi connectivity index (χ1v) is 11.7. The summed E-state index contributed by atoms with van der Waals surface area (Å²) in [4.78, 5) is 0. The highest BCUT2D eigenvalue weighted by Gasteiger charge is 2.35. The monoisotopic (exact) mass is 440 g/mol. The molecule has 3 atom stereocenters. The maximum atomic E-state index is 6.49. The van der Waals surface area contributed by atoms with Gasteiger partial charge in [0.05, 0.1) is 11.6 Å². The van der Waals surface area contributed by atoms with Gasteiger partial charge in [-0.3, -0.25) is 5.32 Å². The smallest absolute Gasteiger partial charge is 0.173 e. The minimum atomic E-state index is -0.237. The van der Waals surface area contributed by atoms with E-state index in [1.54, 1.807) is 6.08 Å². The molecule has 7 heteroatoms. The lowest BCUT2D eigenvalue weighted by Gasteiger charge is -2.36. The average molecular weight is 441 g/mol.